The number of nitrogens with two attached hydrogens (primary N) is 1. The van der Waals surface area contributed by atoms with Gasteiger partial charge in [-0.2, -0.15) is 10.4 Å². The second-order valence-electron chi connectivity index (χ2n) is 4.24. The average Bonchev–Trinajstić information content (AvgIpc) is 2.85. The minimum absolute atomic E-state index is 0.328. The summed E-state index contributed by atoms with van der Waals surface area (Å²) in [5.41, 5.74) is 7.39. The van der Waals surface area contributed by atoms with Gasteiger partial charge in [-0.25, -0.2) is 0 Å². The van der Waals surface area contributed by atoms with Gasteiger partial charge in [0.1, 0.15) is 9.71 Å². The topological polar surface area (TPSA) is 105 Å². The molecule has 7 heteroatoms. The SMILES string of the molecule is N#Cc1cccc(NC(=O)c2sc3nnccc3c2N)c1. The fourth-order valence-corrected chi connectivity index (χ4v) is 2.83. The Hall–Kier alpha value is -2.98. The van der Waals surface area contributed by atoms with Crippen LogP contribution in [0.15, 0.2) is 36.5 Å². The van der Waals surface area contributed by atoms with Gasteiger partial charge in [0, 0.05) is 11.1 Å². The van der Waals surface area contributed by atoms with Crippen LogP contribution in [-0.4, -0.2) is 16.1 Å². The van der Waals surface area contributed by atoms with E-state index in [0.717, 1.165) is 0 Å². The fourth-order valence-electron chi connectivity index (χ4n) is 1.90. The van der Waals surface area contributed by atoms with Crippen LogP contribution in [0, 0.1) is 11.3 Å². The van der Waals surface area contributed by atoms with Crippen molar-refractivity contribution in [2.75, 3.05) is 11.1 Å². The van der Waals surface area contributed by atoms with Gasteiger partial charge in [-0.1, -0.05) is 6.07 Å². The monoisotopic (exact) mass is 295 g/mol. The molecule has 6 nitrogen and oxygen atoms in total. The highest BCUT2D eigenvalue weighted by Crippen LogP contribution is 2.32. The number of thiophene rings is 1. The Bertz CT molecular complexity index is 880. The van der Waals surface area contributed by atoms with Crippen LogP contribution >= 0.6 is 11.3 Å². The molecule has 1 amide bonds. The zero-order valence-electron chi connectivity index (χ0n) is 10.7. The molecule has 2 heterocycles. The quantitative estimate of drug-likeness (QED) is 0.755. The summed E-state index contributed by atoms with van der Waals surface area (Å²) in [6.07, 6.45) is 1.53. The first kappa shape index (κ1) is 13.0. The minimum atomic E-state index is -0.328. The van der Waals surface area contributed by atoms with Crippen molar-refractivity contribution in [1.82, 2.24) is 10.2 Å². The molecule has 0 fully saturated rings. The highest BCUT2D eigenvalue weighted by atomic mass is 32.1. The molecular weight excluding hydrogens is 286 g/mol. The summed E-state index contributed by atoms with van der Waals surface area (Å²) in [4.78, 5) is 13.3. The van der Waals surface area contributed by atoms with E-state index in [1.54, 1.807) is 30.3 Å². The molecule has 0 atom stereocenters. The van der Waals surface area contributed by atoms with Gasteiger partial charge in [0.2, 0.25) is 0 Å². The molecule has 0 radical (unpaired) electrons. The van der Waals surface area contributed by atoms with Gasteiger partial charge >= 0.3 is 0 Å². The van der Waals surface area contributed by atoms with Crippen LogP contribution in [0.5, 0.6) is 0 Å². The highest BCUT2D eigenvalue weighted by molar-refractivity contribution is 7.21. The van der Waals surface area contributed by atoms with E-state index in [2.05, 4.69) is 15.5 Å². The van der Waals surface area contributed by atoms with E-state index in [-0.39, 0.29) is 5.91 Å². The van der Waals surface area contributed by atoms with E-state index < -0.39 is 0 Å². The Morgan fingerprint density at radius 1 is 1.38 bits per heavy atom. The lowest BCUT2D eigenvalue weighted by molar-refractivity contribution is 0.103. The van der Waals surface area contributed by atoms with Crippen molar-refractivity contribution in [2.45, 2.75) is 0 Å². The molecule has 0 aliphatic heterocycles. The Labute approximate surface area is 123 Å². The van der Waals surface area contributed by atoms with Crippen molar-refractivity contribution >= 4 is 38.8 Å². The van der Waals surface area contributed by atoms with Crippen molar-refractivity contribution in [3.8, 4) is 6.07 Å². The molecule has 21 heavy (non-hydrogen) atoms. The summed E-state index contributed by atoms with van der Waals surface area (Å²) >= 11 is 1.19. The molecule has 3 rings (SSSR count). The van der Waals surface area contributed by atoms with E-state index in [4.69, 9.17) is 11.0 Å². The van der Waals surface area contributed by atoms with E-state index in [1.807, 2.05) is 6.07 Å². The van der Waals surface area contributed by atoms with Crippen molar-refractivity contribution < 1.29 is 4.79 Å². The van der Waals surface area contributed by atoms with Crippen molar-refractivity contribution in [3.63, 3.8) is 0 Å². The van der Waals surface area contributed by atoms with Crippen LogP contribution in [0.4, 0.5) is 11.4 Å². The van der Waals surface area contributed by atoms with Gasteiger partial charge in [-0.05, 0) is 24.3 Å². The molecular formula is C14H9N5OS. The fraction of sp³-hybridized carbons (Fsp3) is 0. The van der Waals surface area contributed by atoms with Gasteiger partial charge in [-0.15, -0.1) is 16.4 Å². The maximum atomic E-state index is 12.3. The highest BCUT2D eigenvalue weighted by Gasteiger charge is 2.17. The standard InChI is InChI=1S/C14H9N5OS/c15-7-8-2-1-3-9(6-8)18-13(20)12-11(16)10-4-5-17-19-14(10)21-12/h1-6H,16H2,(H,18,20). The molecule has 0 spiro atoms. The van der Waals surface area contributed by atoms with Crippen LogP contribution in [0.3, 0.4) is 0 Å². The van der Waals surface area contributed by atoms with Crippen molar-refractivity contribution in [2.24, 2.45) is 0 Å². The van der Waals surface area contributed by atoms with Crippen molar-refractivity contribution in [1.29, 1.82) is 5.26 Å². The number of amides is 1. The van der Waals surface area contributed by atoms with Crippen LogP contribution in [-0.2, 0) is 0 Å². The van der Waals surface area contributed by atoms with Gasteiger partial charge < -0.3 is 11.1 Å². The number of nitrogen functional groups attached to an aromatic ring is 1. The number of benzene rings is 1. The molecule has 0 saturated heterocycles. The normalized spacial score (nSPS) is 10.2. The van der Waals surface area contributed by atoms with Gasteiger partial charge in [0.15, 0.2) is 0 Å². The number of nitriles is 1. The molecule has 1 aromatic carbocycles. The molecule has 0 aliphatic carbocycles. The van der Waals surface area contributed by atoms with E-state index in [0.29, 0.717) is 32.0 Å². The number of aromatic nitrogens is 2. The number of carbonyl (C=O) groups is 1. The minimum Gasteiger partial charge on any atom is -0.397 e. The molecule has 0 unspecified atom stereocenters. The second-order valence-corrected chi connectivity index (χ2v) is 5.24. The number of nitrogens with zero attached hydrogens (tertiary/aromatic N) is 3. The largest absolute Gasteiger partial charge is 0.397 e. The molecule has 0 bridgehead atoms. The second kappa shape index (κ2) is 5.19. The average molecular weight is 295 g/mol. The Balaban J connectivity index is 1.94. The van der Waals surface area contributed by atoms with Gasteiger partial charge in [-0.3, -0.25) is 4.79 Å². The Kier molecular flexibility index (Phi) is 3.22. The summed E-state index contributed by atoms with van der Waals surface area (Å²) in [5, 5.41) is 20.0. The number of fused-ring (bicyclic) bond motifs is 1. The van der Waals surface area contributed by atoms with Crippen LogP contribution in [0.1, 0.15) is 15.2 Å². The first-order valence-corrected chi connectivity index (χ1v) is 6.82. The Morgan fingerprint density at radius 3 is 3.00 bits per heavy atom. The van der Waals surface area contributed by atoms with Gasteiger partial charge in [0.05, 0.1) is 23.5 Å². The van der Waals surface area contributed by atoms with Crippen LogP contribution < -0.4 is 11.1 Å². The summed E-state index contributed by atoms with van der Waals surface area (Å²) in [6, 6.07) is 10.4. The van der Waals surface area contributed by atoms with Crippen LogP contribution in [0.2, 0.25) is 0 Å². The lowest BCUT2D eigenvalue weighted by Crippen LogP contribution is -2.11. The zero-order valence-corrected chi connectivity index (χ0v) is 11.5. The first-order valence-electron chi connectivity index (χ1n) is 6.00. The van der Waals surface area contributed by atoms with E-state index in [9.17, 15) is 4.79 Å². The number of rotatable bonds is 2. The number of carbonyl (C=O) groups excluding carboxylic acids is 1. The molecule has 3 N–H and O–H groups in total. The summed E-state index contributed by atoms with van der Waals surface area (Å²) in [6.45, 7) is 0. The molecule has 102 valence electrons. The number of nitrogens with one attached hydrogen (secondary N) is 1. The number of anilines is 2. The smallest absolute Gasteiger partial charge is 0.267 e. The third-order valence-electron chi connectivity index (χ3n) is 2.88. The number of hydrogen-bond donors (Lipinski definition) is 2. The van der Waals surface area contributed by atoms with E-state index >= 15 is 0 Å². The number of hydrogen-bond acceptors (Lipinski definition) is 6. The Morgan fingerprint density at radius 2 is 2.24 bits per heavy atom. The molecule has 0 aliphatic rings. The van der Waals surface area contributed by atoms with Crippen molar-refractivity contribution in [3.05, 3.63) is 47.0 Å². The van der Waals surface area contributed by atoms with Gasteiger partial charge in [0.25, 0.3) is 5.91 Å². The molecule has 2 aromatic heterocycles. The molecule has 3 aromatic rings. The summed E-state index contributed by atoms with van der Waals surface area (Å²) in [5.74, 6) is -0.328. The summed E-state index contributed by atoms with van der Waals surface area (Å²) in [7, 11) is 0. The van der Waals surface area contributed by atoms with Crippen LogP contribution in [0.25, 0.3) is 10.2 Å². The predicted molar refractivity (Wildman–Crippen MR) is 80.9 cm³/mol. The third-order valence-corrected chi connectivity index (χ3v) is 3.98. The lowest BCUT2D eigenvalue weighted by Gasteiger charge is -2.04. The maximum Gasteiger partial charge on any atom is 0.267 e. The zero-order chi connectivity index (χ0) is 14.8. The first-order chi connectivity index (χ1) is 10.2. The predicted octanol–water partition coefficient (Wildman–Crippen LogP) is 2.40. The summed E-state index contributed by atoms with van der Waals surface area (Å²) < 4.78 is 0. The lowest BCUT2D eigenvalue weighted by atomic mass is 10.2. The third kappa shape index (κ3) is 2.40. The molecule has 0 saturated carbocycles. The van der Waals surface area contributed by atoms with E-state index in [1.165, 1.54) is 17.5 Å². The maximum absolute atomic E-state index is 12.3.